The minimum absolute atomic E-state index is 0.108. The molecule has 8 heteroatoms. The van der Waals surface area contributed by atoms with E-state index in [0.29, 0.717) is 31.9 Å². The number of rotatable bonds is 12. The van der Waals surface area contributed by atoms with Gasteiger partial charge < -0.3 is 19.0 Å². The van der Waals surface area contributed by atoms with Gasteiger partial charge in [-0.25, -0.2) is 4.39 Å². The van der Waals surface area contributed by atoms with Crippen LogP contribution >= 0.6 is 11.6 Å². The molecule has 1 aromatic carbocycles. The lowest BCUT2D eigenvalue weighted by atomic mass is 10.2. The molecule has 1 aromatic heterocycles. The van der Waals surface area contributed by atoms with Gasteiger partial charge in [-0.3, -0.25) is 9.59 Å². The molecule has 1 atom stereocenters. The summed E-state index contributed by atoms with van der Waals surface area (Å²) >= 11 is 6.01. The van der Waals surface area contributed by atoms with E-state index in [4.69, 9.17) is 20.8 Å². The summed E-state index contributed by atoms with van der Waals surface area (Å²) in [5.41, 5.74) is 0.776. The molecule has 1 heterocycles. The maximum atomic E-state index is 13.3. The van der Waals surface area contributed by atoms with Crippen LogP contribution in [0.5, 0.6) is 0 Å². The van der Waals surface area contributed by atoms with E-state index in [1.807, 2.05) is 26.0 Å². The summed E-state index contributed by atoms with van der Waals surface area (Å²) in [5, 5.41) is -0.738. The topological polar surface area (TPSA) is 63.0 Å². The Labute approximate surface area is 187 Å². The smallest absolute Gasteiger partial charge is 0.242 e. The van der Waals surface area contributed by atoms with Gasteiger partial charge in [0.25, 0.3) is 0 Å². The molecule has 6 nitrogen and oxygen atoms in total. The number of nitrogens with zero attached hydrogens (tertiary/aromatic N) is 2. The number of carbonyl (C=O) groups excluding carboxylic acids is 2. The minimum atomic E-state index is -0.738. The lowest BCUT2D eigenvalue weighted by Gasteiger charge is -2.28. The number of aryl methyl sites for hydroxylation is 1. The summed E-state index contributed by atoms with van der Waals surface area (Å²) in [6, 6.07) is 9.62. The van der Waals surface area contributed by atoms with Gasteiger partial charge in [0.1, 0.15) is 22.7 Å². The molecule has 2 rings (SSSR count). The van der Waals surface area contributed by atoms with Gasteiger partial charge in [0, 0.05) is 26.3 Å². The van der Waals surface area contributed by atoms with E-state index in [-0.39, 0.29) is 37.3 Å². The first-order chi connectivity index (χ1) is 14.8. The molecular weight excluding hydrogens is 423 g/mol. The van der Waals surface area contributed by atoms with Crippen molar-refractivity contribution in [3.8, 4) is 0 Å². The Morgan fingerprint density at radius 3 is 2.42 bits per heavy atom. The number of carbonyl (C=O) groups is 2. The third-order valence-corrected chi connectivity index (χ3v) is 4.87. The monoisotopic (exact) mass is 452 g/mol. The van der Waals surface area contributed by atoms with Crippen LogP contribution in [0.25, 0.3) is 0 Å². The Balaban J connectivity index is 2.15. The Morgan fingerprint density at radius 1 is 1.13 bits per heavy atom. The van der Waals surface area contributed by atoms with Crippen molar-refractivity contribution in [2.24, 2.45) is 0 Å². The molecule has 170 valence electrons. The van der Waals surface area contributed by atoms with Crippen LogP contribution in [0.4, 0.5) is 4.39 Å². The van der Waals surface area contributed by atoms with E-state index in [1.54, 1.807) is 24.0 Å². The number of amides is 2. The summed E-state index contributed by atoms with van der Waals surface area (Å²) in [7, 11) is 0. The highest BCUT2D eigenvalue weighted by Gasteiger charge is 2.24. The zero-order valence-corrected chi connectivity index (χ0v) is 19.0. The van der Waals surface area contributed by atoms with Crippen LogP contribution in [0.2, 0.25) is 0 Å². The average molecular weight is 453 g/mol. The van der Waals surface area contributed by atoms with Crippen molar-refractivity contribution in [1.29, 1.82) is 0 Å². The van der Waals surface area contributed by atoms with Crippen LogP contribution in [0.15, 0.2) is 40.8 Å². The van der Waals surface area contributed by atoms with Gasteiger partial charge in [0.05, 0.1) is 13.1 Å². The number of benzene rings is 1. The fraction of sp³-hybridized carbons (Fsp3) is 0.478. The highest BCUT2D eigenvalue weighted by Crippen LogP contribution is 2.15. The second-order valence-corrected chi connectivity index (χ2v) is 7.97. The van der Waals surface area contributed by atoms with Gasteiger partial charge in [-0.15, -0.1) is 11.6 Å². The first-order valence-electron chi connectivity index (χ1n) is 10.4. The predicted molar refractivity (Wildman–Crippen MR) is 117 cm³/mol. The van der Waals surface area contributed by atoms with Crippen LogP contribution in [0.3, 0.4) is 0 Å². The third-order valence-electron chi connectivity index (χ3n) is 4.68. The van der Waals surface area contributed by atoms with Crippen molar-refractivity contribution in [1.82, 2.24) is 9.80 Å². The van der Waals surface area contributed by atoms with Gasteiger partial charge in [-0.05, 0) is 57.0 Å². The lowest BCUT2D eigenvalue weighted by Crippen LogP contribution is -2.45. The maximum absolute atomic E-state index is 13.3. The van der Waals surface area contributed by atoms with Crippen molar-refractivity contribution < 1.29 is 23.1 Å². The Bertz CT molecular complexity index is 838. The highest BCUT2D eigenvalue weighted by molar-refractivity contribution is 6.30. The van der Waals surface area contributed by atoms with Crippen LogP contribution in [0, 0.1) is 12.7 Å². The molecule has 0 fully saturated rings. The van der Waals surface area contributed by atoms with Crippen molar-refractivity contribution in [3.63, 3.8) is 0 Å². The molecule has 2 amide bonds. The number of hydrogen-bond acceptors (Lipinski definition) is 4. The quantitative estimate of drug-likeness (QED) is 0.358. The second-order valence-electron chi connectivity index (χ2n) is 7.31. The summed E-state index contributed by atoms with van der Waals surface area (Å²) < 4.78 is 24.2. The van der Waals surface area contributed by atoms with Gasteiger partial charge >= 0.3 is 0 Å². The molecule has 0 spiro atoms. The number of alkyl halides is 1. The average Bonchev–Trinajstić information content (AvgIpc) is 3.15. The predicted octanol–water partition coefficient (Wildman–Crippen LogP) is 4.14. The molecule has 31 heavy (non-hydrogen) atoms. The SMILES string of the molecule is CCOCCCN(CC(=O)N(Cc1ccc(F)cc1)Cc1ccc(C)o1)C(=O)C(C)Cl. The molecule has 0 N–H and O–H groups in total. The van der Waals surface area contributed by atoms with Crippen molar-refractivity contribution in [2.45, 2.75) is 45.7 Å². The first-order valence-corrected chi connectivity index (χ1v) is 10.8. The van der Waals surface area contributed by atoms with E-state index >= 15 is 0 Å². The molecule has 0 saturated carbocycles. The summed E-state index contributed by atoms with van der Waals surface area (Å²) in [5.74, 6) is 0.480. The minimum Gasteiger partial charge on any atom is -0.464 e. The number of halogens is 2. The van der Waals surface area contributed by atoms with Gasteiger partial charge in [0.2, 0.25) is 11.8 Å². The van der Waals surface area contributed by atoms with Crippen molar-refractivity contribution in [3.05, 3.63) is 59.3 Å². The summed E-state index contributed by atoms with van der Waals surface area (Å²) in [4.78, 5) is 28.8. The molecule has 0 saturated heterocycles. The van der Waals surface area contributed by atoms with Crippen LogP contribution in [-0.4, -0.2) is 53.3 Å². The number of hydrogen-bond donors (Lipinski definition) is 0. The summed E-state index contributed by atoms with van der Waals surface area (Å²) in [6.07, 6.45) is 0.603. The van der Waals surface area contributed by atoms with Crippen molar-refractivity contribution >= 4 is 23.4 Å². The zero-order valence-electron chi connectivity index (χ0n) is 18.3. The van der Waals surface area contributed by atoms with Crippen LogP contribution < -0.4 is 0 Å². The normalized spacial score (nSPS) is 11.9. The van der Waals surface area contributed by atoms with E-state index in [0.717, 1.165) is 11.3 Å². The maximum Gasteiger partial charge on any atom is 0.242 e. The van der Waals surface area contributed by atoms with Crippen LogP contribution in [-0.2, 0) is 27.4 Å². The molecule has 0 bridgehead atoms. The fourth-order valence-electron chi connectivity index (χ4n) is 3.08. The first kappa shape index (κ1) is 24.9. The molecule has 0 radical (unpaired) electrons. The molecule has 2 aromatic rings. The standard InChI is InChI=1S/C23H30ClFN2O4/c1-4-30-13-5-12-26(23(29)18(3)24)16-22(28)27(15-21-11-6-17(2)31-21)14-19-7-9-20(25)10-8-19/h6-11,18H,4-5,12-16H2,1-3H3. The molecule has 0 aliphatic heterocycles. The molecule has 0 aliphatic carbocycles. The summed E-state index contributed by atoms with van der Waals surface area (Å²) in [6.45, 7) is 7.16. The van der Waals surface area contributed by atoms with Crippen molar-refractivity contribution in [2.75, 3.05) is 26.3 Å². The highest BCUT2D eigenvalue weighted by atomic mass is 35.5. The van der Waals surface area contributed by atoms with Crippen LogP contribution in [0.1, 0.15) is 37.4 Å². The molecular formula is C23H30ClFN2O4. The fourth-order valence-corrected chi connectivity index (χ4v) is 3.22. The Hall–Kier alpha value is -2.38. The second kappa shape index (κ2) is 12.5. The Morgan fingerprint density at radius 2 is 1.84 bits per heavy atom. The molecule has 0 aliphatic rings. The third kappa shape index (κ3) is 8.34. The van der Waals surface area contributed by atoms with E-state index in [2.05, 4.69) is 0 Å². The lowest BCUT2D eigenvalue weighted by molar-refractivity contribution is -0.141. The van der Waals surface area contributed by atoms with Gasteiger partial charge in [-0.2, -0.15) is 0 Å². The van der Waals surface area contributed by atoms with Gasteiger partial charge in [-0.1, -0.05) is 12.1 Å². The van der Waals surface area contributed by atoms with E-state index in [9.17, 15) is 14.0 Å². The zero-order chi connectivity index (χ0) is 22.8. The van der Waals surface area contributed by atoms with Gasteiger partial charge in [0.15, 0.2) is 0 Å². The van der Waals surface area contributed by atoms with E-state index in [1.165, 1.54) is 17.0 Å². The largest absolute Gasteiger partial charge is 0.464 e. The number of furan rings is 1. The number of ether oxygens (including phenoxy) is 1. The molecule has 1 unspecified atom stereocenters. The van der Waals surface area contributed by atoms with E-state index < -0.39 is 5.38 Å². The Kier molecular flexibility index (Phi) is 10.0.